The summed E-state index contributed by atoms with van der Waals surface area (Å²) in [5.41, 5.74) is 7.60. The molecule has 0 unspecified atom stereocenters. The fourth-order valence-corrected chi connectivity index (χ4v) is 1.58. The third-order valence-corrected chi connectivity index (χ3v) is 2.34. The second-order valence-corrected chi connectivity index (χ2v) is 3.62. The van der Waals surface area contributed by atoms with Gasteiger partial charge in [-0.2, -0.15) is 4.98 Å². The Balaban J connectivity index is 2.18. The average molecular weight is 229 g/mol. The van der Waals surface area contributed by atoms with E-state index in [9.17, 15) is 4.39 Å². The molecule has 0 aliphatic heterocycles. The van der Waals surface area contributed by atoms with Crippen molar-refractivity contribution in [3.63, 3.8) is 0 Å². The lowest BCUT2D eigenvalue weighted by molar-refractivity contribution is 0.611. The van der Waals surface area contributed by atoms with E-state index in [0.717, 1.165) is 0 Å². The molecule has 0 fully saturated rings. The van der Waals surface area contributed by atoms with Crippen molar-refractivity contribution in [1.29, 1.82) is 0 Å². The molecule has 2 aromatic heterocycles. The van der Waals surface area contributed by atoms with Crippen LogP contribution in [-0.4, -0.2) is 9.97 Å². The van der Waals surface area contributed by atoms with E-state index >= 15 is 0 Å². The average Bonchev–Trinajstić information content (AvgIpc) is 2.72. The minimum atomic E-state index is -0.336. The minimum absolute atomic E-state index is 0.331. The van der Waals surface area contributed by atoms with Gasteiger partial charge in [0.25, 0.3) is 0 Å². The van der Waals surface area contributed by atoms with Crippen molar-refractivity contribution >= 4 is 16.9 Å². The molecule has 1 aromatic carbocycles. The standard InChI is InChI=1S/C12H8FN3O/c13-8-3-1-2-7(4-8)12-16-11-10(17-12)5-9(14)6-15-11/h1-6H,14H2. The van der Waals surface area contributed by atoms with Gasteiger partial charge in [0.15, 0.2) is 11.2 Å². The zero-order valence-corrected chi connectivity index (χ0v) is 8.72. The molecule has 3 rings (SSSR count). The Bertz CT molecular complexity index is 693. The summed E-state index contributed by atoms with van der Waals surface area (Å²) in [5, 5.41) is 0. The SMILES string of the molecule is Nc1cnc2nc(-c3cccc(F)c3)oc2c1. The number of aromatic nitrogens is 2. The van der Waals surface area contributed by atoms with E-state index < -0.39 is 0 Å². The Morgan fingerprint density at radius 2 is 2.12 bits per heavy atom. The topological polar surface area (TPSA) is 64.9 Å². The molecule has 0 radical (unpaired) electrons. The molecule has 84 valence electrons. The van der Waals surface area contributed by atoms with Gasteiger partial charge in [-0.3, -0.25) is 0 Å². The number of nitrogens with two attached hydrogens (primary N) is 1. The van der Waals surface area contributed by atoms with Gasteiger partial charge in [-0.05, 0) is 18.2 Å². The lowest BCUT2D eigenvalue weighted by Crippen LogP contribution is -1.85. The minimum Gasteiger partial charge on any atom is -0.434 e. The van der Waals surface area contributed by atoms with E-state index in [4.69, 9.17) is 10.2 Å². The van der Waals surface area contributed by atoms with Gasteiger partial charge >= 0.3 is 0 Å². The van der Waals surface area contributed by atoms with E-state index in [1.807, 2.05) is 0 Å². The number of hydrogen-bond acceptors (Lipinski definition) is 4. The third-order valence-electron chi connectivity index (χ3n) is 2.34. The summed E-state index contributed by atoms with van der Waals surface area (Å²) in [4.78, 5) is 8.19. The summed E-state index contributed by atoms with van der Waals surface area (Å²) in [6, 6.07) is 7.67. The Hall–Kier alpha value is -2.43. The summed E-state index contributed by atoms with van der Waals surface area (Å²) in [6.07, 6.45) is 1.50. The van der Waals surface area contributed by atoms with Crippen molar-refractivity contribution in [2.45, 2.75) is 0 Å². The summed E-state index contributed by atoms with van der Waals surface area (Å²) in [7, 11) is 0. The normalized spacial score (nSPS) is 10.9. The highest BCUT2D eigenvalue weighted by molar-refractivity contribution is 5.75. The zero-order valence-electron chi connectivity index (χ0n) is 8.72. The van der Waals surface area contributed by atoms with Gasteiger partial charge in [-0.15, -0.1) is 0 Å². The Labute approximate surface area is 95.9 Å². The Morgan fingerprint density at radius 1 is 1.24 bits per heavy atom. The summed E-state index contributed by atoms with van der Waals surface area (Å²) in [6.45, 7) is 0. The molecule has 0 saturated carbocycles. The van der Waals surface area contributed by atoms with Crippen LogP contribution in [0.4, 0.5) is 10.1 Å². The van der Waals surface area contributed by atoms with E-state index in [-0.39, 0.29) is 5.82 Å². The molecule has 17 heavy (non-hydrogen) atoms. The smallest absolute Gasteiger partial charge is 0.228 e. The Morgan fingerprint density at radius 3 is 2.94 bits per heavy atom. The zero-order chi connectivity index (χ0) is 11.8. The van der Waals surface area contributed by atoms with Gasteiger partial charge in [0.05, 0.1) is 11.9 Å². The second-order valence-electron chi connectivity index (χ2n) is 3.62. The molecule has 0 spiro atoms. The molecule has 0 bridgehead atoms. The van der Waals surface area contributed by atoms with Crippen LogP contribution in [0.5, 0.6) is 0 Å². The Kier molecular flexibility index (Phi) is 2.04. The van der Waals surface area contributed by atoms with Crippen molar-refractivity contribution in [3.05, 3.63) is 42.3 Å². The molecule has 5 heteroatoms. The number of nitrogens with zero attached hydrogens (tertiary/aromatic N) is 2. The highest BCUT2D eigenvalue weighted by Gasteiger charge is 2.09. The van der Waals surface area contributed by atoms with E-state index in [2.05, 4.69) is 9.97 Å². The highest BCUT2D eigenvalue weighted by Crippen LogP contribution is 2.24. The van der Waals surface area contributed by atoms with Crippen LogP contribution in [0.15, 0.2) is 40.9 Å². The quantitative estimate of drug-likeness (QED) is 0.696. The van der Waals surface area contributed by atoms with Gasteiger partial charge in [-0.1, -0.05) is 6.07 Å². The van der Waals surface area contributed by atoms with E-state index in [1.165, 1.54) is 18.3 Å². The number of benzene rings is 1. The lowest BCUT2D eigenvalue weighted by Gasteiger charge is -1.93. The highest BCUT2D eigenvalue weighted by atomic mass is 19.1. The molecule has 0 amide bonds. The fraction of sp³-hybridized carbons (Fsp3) is 0. The number of fused-ring (bicyclic) bond motifs is 1. The predicted molar refractivity (Wildman–Crippen MR) is 61.6 cm³/mol. The molecule has 0 atom stereocenters. The van der Waals surface area contributed by atoms with Crippen molar-refractivity contribution in [2.75, 3.05) is 5.73 Å². The maximum atomic E-state index is 13.1. The molecule has 2 N–H and O–H groups in total. The molecule has 3 aromatic rings. The van der Waals surface area contributed by atoms with Crippen LogP contribution in [-0.2, 0) is 0 Å². The molecule has 0 aliphatic rings. The van der Waals surface area contributed by atoms with Crippen LogP contribution >= 0.6 is 0 Å². The fourth-order valence-electron chi connectivity index (χ4n) is 1.58. The number of anilines is 1. The van der Waals surface area contributed by atoms with Gasteiger partial charge < -0.3 is 10.2 Å². The van der Waals surface area contributed by atoms with Crippen molar-refractivity contribution in [1.82, 2.24) is 9.97 Å². The van der Waals surface area contributed by atoms with Crippen LogP contribution in [0.1, 0.15) is 0 Å². The molecule has 0 aliphatic carbocycles. The van der Waals surface area contributed by atoms with Crippen LogP contribution in [0.2, 0.25) is 0 Å². The summed E-state index contributed by atoms with van der Waals surface area (Å²) >= 11 is 0. The first-order valence-electron chi connectivity index (χ1n) is 5.00. The van der Waals surface area contributed by atoms with E-state index in [0.29, 0.717) is 28.4 Å². The van der Waals surface area contributed by atoms with Gasteiger partial charge in [0, 0.05) is 11.6 Å². The van der Waals surface area contributed by atoms with Crippen molar-refractivity contribution < 1.29 is 8.81 Å². The van der Waals surface area contributed by atoms with Gasteiger partial charge in [-0.25, -0.2) is 9.37 Å². The number of halogens is 1. The molecular formula is C12H8FN3O. The monoisotopic (exact) mass is 229 g/mol. The largest absolute Gasteiger partial charge is 0.434 e. The number of hydrogen-bond donors (Lipinski definition) is 1. The maximum Gasteiger partial charge on any atom is 0.228 e. The molecular weight excluding hydrogens is 221 g/mol. The number of nitrogen functional groups attached to an aromatic ring is 1. The maximum absolute atomic E-state index is 13.1. The van der Waals surface area contributed by atoms with Crippen molar-refractivity contribution in [2.24, 2.45) is 0 Å². The summed E-state index contributed by atoms with van der Waals surface area (Å²) in [5.74, 6) is -0.00479. The van der Waals surface area contributed by atoms with Crippen LogP contribution in [0, 0.1) is 5.82 Å². The van der Waals surface area contributed by atoms with Crippen molar-refractivity contribution in [3.8, 4) is 11.5 Å². The number of oxazole rings is 1. The molecule has 2 heterocycles. The summed E-state index contributed by atoms with van der Waals surface area (Å²) < 4.78 is 18.5. The van der Waals surface area contributed by atoms with Crippen LogP contribution in [0.25, 0.3) is 22.7 Å². The van der Waals surface area contributed by atoms with Crippen LogP contribution < -0.4 is 5.73 Å². The predicted octanol–water partition coefficient (Wildman–Crippen LogP) is 2.61. The first-order valence-corrected chi connectivity index (χ1v) is 5.00. The third kappa shape index (κ3) is 1.71. The first-order chi connectivity index (χ1) is 8.22. The van der Waals surface area contributed by atoms with Crippen LogP contribution in [0.3, 0.4) is 0 Å². The van der Waals surface area contributed by atoms with E-state index in [1.54, 1.807) is 18.2 Å². The van der Waals surface area contributed by atoms with Gasteiger partial charge in [0.1, 0.15) is 5.82 Å². The molecule has 4 nitrogen and oxygen atoms in total. The number of pyridine rings is 1. The second kappa shape index (κ2) is 3.55. The number of rotatable bonds is 1. The lowest BCUT2D eigenvalue weighted by atomic mass is 10.2. The first kappa shape index (κ1) is 9.77. The molecule has 0 saturated heterocycles. The van der Waals surface area contributed by atoms with Gasteiger partial charge in [0.2, 0.25) is 5.89 Å².